The molecule has 0 radical (unpaired) electrons. The number of aliphatic carboxylic acids is 1. The lowest BCUT2D eigenvalue weighted by Crippen LogP contribution is -2.04. The van der Waals surface area contributed by atoms with E-state index in [4.69, 9.17) is 9.72 Å². The van der Waals surface area contributed by atoms with E-state index < -0.39 is 17.7 Å². The molecule has 34 heavy (non-hydrogen) atoms. The number of carboxylic acid groups (broad SMARTS) is 1. The van der Waals surface area contributed by atoms with Gasteiger partial charge in [0.15, 0.2) is 0 Å². The Balaban J connectivity index is 1.53. The number of halogens is 3. The summed E-state index contributed by atoms with van der Waals surface area (Å²) in [4.78, 5) is 16.9. The van der Waals surface area contributed by atoms with Crippen LogP contribution in [0.25, 0.3) is 20.7 Å². The van der Waals surface area contributed by atoms with E-state index >= 15 is 0 Å². The maximum atomic E-state index is 12.9. The second-order valence-electron chi connectivity index (χ2n) is 8.12. The first kappa shape index (κ1) is 24.2. The molecule has 178 valence electrons. The monoisotopic (exact) mass is 505 g/mol. The van der Waals surface area contributed by atoms with Gasteiger partial charge in [0.2, 0.25) is 0 Å². The summed E-state index contributed by atoms with van der Waals surface area (Å²) < 4.78 is 45.7. The summed E-state index contributed by atoms with van der Waals surface area (Å²) in [6.07, 6.45) is -3.85. The van der Waals surface area contributed by atoms with Gasteiger partial charge in [0, 0.05) is 26.9 Å². The van der Waals surface area contributed by atoms with Crippen molar-refractivity contribution in [1.29, 1.82) is 0 Å². The van der Waals surface area contributed by atoms with E-state index in [1.807, 2.05) is 37.4 Å². The van der Waals surface area contributed by atoms with Crippen LogP contribution in [0.2, 0.25) is 0 Å². The molecule has 0 fully saturated rings. The summed E-state index contributed by atoms with van der Waals surface area (Å²) >= 11 is 2.95. The molecule has 9 heteroatoms. The van der Waals surface area contributed by atoms with Gasteiger partial charge in [-0.15, -0.1) is 22.7 Å². The predicted molar refractivity (Wildman–Crippen MR) is 129 cm³/mol. The highest BCUT2D eigenvalue weighted by atomic mass is 32.1. The minimum Gasteiger partial charge on any atom is -0.493 e. The Labute approximate surface area is 202 Å². The highest BCUT2D eigenvalue weighted by Gasteiger charge is 2.30. The fourth-order valence-electron chi connectivity index (χ4n) is 3.71. The van der Waals surface area contributed by atoms with Crippen LogP contribution in [0.15, 0.2) is 47.8 Å². The predicted octanol–water partition coefficient (Wildman–Crippen LogP) is 7.42. The number of rotatable bonds is 8. The van der Waals surface area contributed by atoms with Gasteiger partial charge in [-0.1, -0.05) is 32.0 Å². The summed E-state index contributed by atoms with van der Waals surface area (Å²) in [6, 6.07) is 10.7. The van der Waals surface area contributed by atoms with Crippen molar-refractivity contribution in [2.75, 3.05) is 6.61 Å². The Kier molecular flexibility index (Phi) is 6.95. The maximum Gasteiger partial charge on any atom is 0.416 e. The van der Waals surface area contributed by atoms with Crippen molar-refractivity contribution in [2.45, 2.75) is 38.8 Å². The average Bonchev–Trinajstić information content (AvgIpc) is 3.38. The number of carboxylic acids is 1. The van der Waals surface area contributed by atoms with Crippen LogP contribution in [-0.2, 0) is 23.8 Å². The van der Waals surface area contributed by atoms with Crippen molar-refractivity contribution in [3.05, 3.63) is 69.5 Å². The minimum absolute atomic E-state index is 0.0663. The number of benzene rings is 2. The second-order valence-corrected chi connectivity index (χ2v) is 10.1. The normalized spacial score (nSPS) is 11.9. The number of thiophene rings is 1. The van der Waals surface area contributed by atoms with Crippen molar-refractivity contribution in [3.8, 4) is 16.3 Å². The molecule has 4 nitrogen and oxygen atoms in total. The number of carbonyl (C=O) groups is 1. The number of alkyl halides is 3. The third kappa shape index (κ3) is 5.26. The molecule has 0 aliphatic rings. The lowest BCUT2D eigenvalue weighted by molar-refractivity contribution is -0.138. The van der Waals surface area contributed by atoms with E-state index in [0.29, 0.717) is 29.3 Å². The van der Waals surface area contributed by atoms with Gasteiger partial charge in [-0.3, -0.25) is 4.79 Å². The van der Waals surface area contributed by atoms with E-state index in [1.165, 1.54) is 34.8 Å². The molecular weight excluding hydrogens is 483 g/mol. The number of fused-ring (bicyclic) bond motifs is 1. The summed E-state index contributed by atoms with van der Waals surface area (Å²) in [5, 5.41) is 12.6. The number of ether oxygens (including phenoxy) is 1. The quantitative estimate of drug-likeness (QED) is 0.271. The highest BCUT2D eigenvalue weighted by Crippen LogP contribution is 2.36. The summed E-state index contributed by atoms with van der Waals surface area (Å²) in [7, 11) is 0. The van der Waals surface area contributed by atoms with Crippen LogP contribution in [0.4, 0.5) is 13.2 Å². The Morgan fingerprint density at radius 3 is 2.53 bits per heavy atom. The van der Waals surface area contributed by atoms with E-state index in [2.05, 4.69) is 0 Å². The molecule has 0 spiro atoms. The van der Waals surface area contributed by atoms with Gasteiger partial charge in [0.1, 0.15) is 10.8 Å². The van der Waals surface area contributed by atoms with Gasteiger partial charge in [-0.05, 0) is 41.1 Å². The lowest BCUT2D eigenvalue weighted by Gasteiger charge is -2.10. The SMILES string of the molecule is CC(C)c1nc(-c2ccc(C(F)(F)F)cc2)sc1CCOc1cccc2scc(CC(=O)O)c12. The third-order valence-electron chi connectivity index (χ3n) is 5.30. The van der Waals surface area contributed by atoms with Crippen molar-refractivity contribution < 1.29 is 27.8 Å². The molecule has 0 saturated heterocycles. The average molecular weight is 506 g/mol. The fraction of sp³-hybridized carbons (Fsp3) is 0.280. The van der Waals surface area contributed by atoms with E-state index in [9.17, 15) is 23.1 Å². The zero-order valence-corrected chi connectivity index (χ0v) is 20.1. The Morgan fingerprint density at radius 2 is 1.88 bits per heavy atom. The number of nitrogens with zero attached hydrogens (tertiary/aromatic N) is 1. The van der Waals surface area contributed by atoms with Crippen LogP contribution in [0.5, 0.6) is 5.75 Å². The van der Waals surface area contributed by atoms with E-state index in [0.717, 1.165) is 38.4 Å². The molecule has 0 bridgehead atoms. The number of aromatic nitrogens is 1. The zero-order chi connectivity index (χ0) is 24.5. The Morgan fingerprint density at radius 1 is 1.15 bits per heavy atom. The third-order valence-corrected chi connectivity index (χ3v) is 7.48. The topological polar surface area (TPSA) is 59.4 Å². The minimum atomic E-state index is -4.37. The molecule has 2 heterocycles. The summed E-state index contributed by atoms with van der Waals surface area (Å²) in [5.74, 6) is -0.0953. The van der Waals surface area contributed by atoms with Gasteiger partial charge in [0.05, 0.1) is 24.3 Å². The van der Waals surface area contributed by atoms with Crippen LogP contribution in [0.1, 0.15) is 41.5 Å². The van der Waals surface area contributed by atoms with Crippen LogP contribution in [0, 0.1) is 0 Å². The van der Waals surface area contributed by atoms with Gasteiger partial charge < -0.3 is 9.84 Å². The first-order valence-corrected chi connectivity index (χ1v) is 12.3. The van der Waals surface area contributed by atoms with E-state index in [-0.39, 0.29) is 12.3 Å². The molecule has 2 aromatic heterocycles. The molecule has 4 aromatic rings. The Hall–Kier alpha value is -2.91. The molecular formula is C25H22F3NO3S2. The molecule has 1 N–H and O–H groups in total. The molecule has 0 saturated carbocycles. The largest absolute Gasteiger partial charge is 0.493 e. The van der Waals surface area contributed by atoms with Gasteiger partial charge in [0.25, 0.3) is 0 Å². The molecule has 0 aliphatic heterocycles. The summed E-state index contributed by atoms with van der Waals surface area (Å²) in [5.41, 5.74) is 1.60. The number of hydrogen-bond donors (Lipinski definition) is 1. The molecule has 2 aromatic carbocycles. The maximum absolute atomic E-state index is 12.9. The molecule has 0 aliphatic carbocycles. The van der Waals surface area contributed by atoms with Crippen LogP contribution < -0.4 is 4.74 Å². The second kappa shape index (κ2) is 9.76. The standard InChI is InChI=1S/C25H22F3NO3S2/c1-14(2)23-20(34-24(29-23)15-6-8-17(9-7-15)25(26,27)28)10-11-32-18-4-3-5-19-22(18)16(13-33-19)12-21(30)31/h3-9,13-14H,10-12H2,1-2H3,(H,30,31). The van der Waals surface area contributed by atoms with E-state index in [1.54, 1.807) is 0 Å². The van der Waals surface area contributed by atoms with Crippen molar-refractivity contribution in [3.63, 3.8) is 0 Å². The van der Waals surface area contributed by atoms with Crippen LogP contribution in [0.3, 0.4) is 0 Å². The van der Waals surface area contributed by atoms with Crippen LogP contribution in [-0.4, -0.2) is 22.7 Å². The Bertz CT molecular complexity index is 1310. The number of thiazole rings is 1. The lowest BCUT2D eigenvalue weighted by atomic mass is 10.1. The van der Waals surface area contributed by atoms with Gasteiger partial charge >= 0.3 is 12.1 Å². The molecule has 0 amide bonds. The molecule has 0 atom stereocenters. The van der Waals surface area contributed by atoms with Crippen LogP contribution >= 0.6 is 22.7 Å². The first-order valence-electron chi connectivity index (χ1n) is 10.6. The fourth-order valence-corrected chi connectivity index (χ4v) is 5.88. The number of hydrogen-bond acceptors (Lipinski definition) is 5. The van der Waals surface area contributed by atoms with Crippen molar-refractivity contribution in [2.24, 2.45) is 0 Å². The summed E-state index contributed by atoms with van der Waals surface area (Å²) in [6.45, 7) is 4.43. The van der Waals surface area contributed by atoms with Gasteiger partial charge in [-0.25, -0.2) is 4.98 Å². The smallest absolute Gasteiger partial charge is 0.416 e. The van der Waals surface area contributed by atoms with Crippen molar-refractivity contribution >= 4 is 38.7 Å². The van der Waals surface area contributed by atoms with Gasteiger partial charge in [-0.2, -0.15) is 13.2 Å². The van der Waals surface area contributed by atoms with Crippen molar-refractivity contribution in [1.82, 2.24) is 4.98 Å². The zero-order valence-electron chi connectivity index (χ0n) is 18.5. The molecule has 0 unspecified atom stereocenters. The molecule has 4 rings (SSSR count). The highest BCUT2D eigenvalue weighted by molar-refractivity contribution is 7.17. The first-order chi connectivity index (χ1) is 16.1.